The number of allylic oxidation sites excluding steroid dienone is 4. The predicted molar refractivity (Wildman–Crippen MR) is 374 cm³/mol. The van der Waals surface area contributed by atoms with E-state index in [-0.39, 0.29) is 12.5 Å². The highest BCUT2D eigenvalue weighted by molar-refractivity contribution is 5.76. The maximum absolute atomic E-state index is 13.2. The van der Waals surface area contributed by atoms with Crippen LogP contribution in [0.5, 0.6) is 0 Å². The third-order valence-corrected chi connectivity index (χ3v) is 19.1. The van der Waals surface area contributed by atoms with Gasteiger partial charge in [0.25, 0.3) is 0 Å². The Morgan fingerprint density at radius 2 is 0.678 bits per heavy atom. The highest BCUT2D eigenvalue weighted by Crippen LogP contribution is 2.24. The van der Waals surface area contributed by atoms with Gasteiger partial charge in [0.2, 0.25) is 5.91 Å². The molecule has 87 heavy (non-hydrogen) atoms. The number of aliphatic hydroxyl groups excluding tert-OH is 5. The highest BCUT2D eigenvalue weighted by Gasteiger charge is 2.44. The number of hydrogen-bond donors (Lipinski definition) is 6. The Hall–Kier alpha value is -1.33. The first-order valence-corrected chi connectivity index (χ1v) is 39.0. The topological polar surface area (TPSA) is 149 Å². The summed E-state index contributed by atoms with van der Waals surface area (Å²) in [7, 11) is 0. The lowest BCUT2D eigenvalue weighted by Gasteiger charge is -2.40. The van der Waals surface area contributed by atoms with Crippen molar-refractivity contribution in [3.8, 4) is 0 Å². The second-order valence-corrected chi connectivity index (χ2v) is 27.5. The van der Waals surface area contributed by atoms with Gasteiger partial charge in [0.05, 0.1) is 25.4 Å². The maximum Gasteiger partial charge on any atom is 0.220 e. The third kappa shape index (κ3) is 56.0. The van der Waals surface area contributed by atoms with Crippen LogP contribution in [0, 0.1) is 0 Å². The smallest absolute Gasteiger partial charge is 0.220 e. The van der Waals surface area contributed by atoms with Crippen molar-refractivity contribution in [1.29, 1.82) is 0 Å². The van der Waals surface area contributed by atoms with Crippen LogP contribution in [0.15, 0.2) is 24.3 Å². The lowest BCUT2D eigenvalue weighted by atomic mass is 9.99. The lowest BCUT2D eigenvalue weighted by molar-refractivity contribution is -0.302. The number of aliphatic hydroxyl groups is 5. The predicted octanol–water partition coefficient (Wildman–Crippen LogP) is 22.0. The van der Waals surface area contributed by atoms with Crippen LogP contribution in [0.25, 0.3) is 0 Å². The Bertz CT molecular complexity index is 1430. The van der Waals surface area contributed by atoms with Gasteiger partial charge in [-0.25, -0.2) is 0 Å². The number of nitrogens with one attached hydrogen (secondary N) is 1. The van der Waals surface area contributed by atoms with E-state index in [1.165, 1.54) is 340 Å². The monoisotopic (exact) mass is 1230 g/mol. The maximum atomic E-state index is 13.2. The molecule has 1 aliphatic rings. The number of hydrogen-bond acceptors (Lipinski definition) is 8. The van der Waals surface area contributed by atoms with E-state index in [0.29, 0.717) is 12.8 Å². The number of carbonyl (C=O) groups is 1. The summed E-state index contributed by atoms with van der Waals surface area (Å²) >= 11 is 0. The van der Waals surface area contributed by atoms with Crippen LogP contribution >= 0.6 is 0 Å². The van der Waals surface area contributed by atoms with Gasteiger partial charge in [-0.2, -0.15) is 0 Å². The molecule has 0 bridgehead atoms. The molecule has 1 heterocycles. The molecule has 7 atom stereocenters. The van der Waals surface area contributed by atoms with Gasteiger partial charge in [-0.3, -0.25) is 4.79 Å². The zero-order valence-corrected chi connectivity index (χ0v) is 58.1. The molecule has 9 heteroatoms. The van der Waals surface area contributed by atoms with Gasteiger partial charge < -0.3 is 40.3 Å². The zero-order valence-electron chi connectivity index (χ0n) is 58.1. The Morgan fingerprint density at radius 3 is 0.989 bits per heavy atom. The molecule has 0 aromatic rings. The number of rotatable bonds is 70. The van der Waals surface area contributed by atoms with Crippen molar-refractivity contribution in [1.82, 2.24) is 5.32 Å². The molecular weight excluding hydrogens is 1080 g/mol. The van der Waals surface area contributed by atoms with E-state index in [2.05, 4.69) is 43.5 Å². The second kappa shape index (κ2) is 67.6. The van der Waals surface area contributed by atoms with Gasteiger partial charge in [-0.1, -0.05) is 385 Å². The van der Waals surface area contributed by atoms with E-state index in [9.17, 15) is 30.3 Å². The van der Waals surface area contributed by atoms with E-state index in [4.69, 9.17) is 9.47 Å². The molecule has 0 aliphatic carbocycles. The Morgan fingerprint density at radius 1 is 0.391 bits per heavy atom. The molecule has 1 rings (SSSR count). The third-order valence-electron chi connectivity index (χ3n) is 19.1. The highest BCUT2D eigenvalue weighted by atomic mass is 16.7. The van der Waals surface area contributed by atoms with E-state index >= 15 is 0 Å². The van der Waals surface area contributed by atoms with Crippen LogP contribution in [-0.4, -0.2) is 87.5 Å². The summed E-state index contributed by atoms with van der Waals surface area (Å²) < 4.78 is 11.4. The van der Waals surface area contributed by atoms with Gasteiger partial charge in [0.15, 0.2) is 6.29 Å². The quantitative estimate of drug-likeness (QED) is 0.0261. The summed E-state index contributed by atoms with van der Waals surface area (Å²) in [5, 5.41) is 55.0. The van der Waals surface area contributed by atoms with Crippen LogP contribution < -0.4 is 5.32 Å². The summed E-state index contributed by atoms with van der Waals surface area (Å²) in [6, 6.07) is -0.719. The standard InChI is InChI=1S/C78H151NO8/c1-3-5-7-9-11-13-15-17-19-21-23-25-27-29-30-31-32-33-34-35-36-37-38-39-40-41-42-44-46-48-50-52-54-56-58-60-62-64-66-68-74(82)79-71(70-86-78-77(85)76(84)75(83)73(69-80)87-78)72(81)67-65-63-61-59-57-55-53-51-49-47-45-43-28-26-24-22-20-18-16-14-12-10-8-6-4-2/h32-33,35-36,71-73,75-78,80-81,83-85H,3-31,34,37-70H2,1-2H3,(H,79,82)/b33-32-,36-35-. The van der Waals surface area contributed by atoms with Crippen molar-refractivity contribution in [2.75, 3.05) is 13.2 Å². The molecule has 0 aromatic heterocycles. The van der Waals surface area contributed by atoms with E-state index in [1.807, 2.05) is 0 Å². The van der Waals surface area contributed by atoms with E-state index in [0.717, 1.165) is 44.9 Å². The molecule has 0 aromatic carbocycles. The van der Waals surface area contributed by atoms with Crippen molar-refractivity contribution in [2.45, 2.75) is 455 Å². The normalized spacial score (nSPS) is 18.0. The molecule has 6 N–H and O–H groups in total. The van der Waals surface area contributed by atoms with Crippen molar-refractivity contribution in [3.05, 3.63) is 24.3 Å². The SMILES string of the molecule is CCCCCCCCCCCCCCCCC/C=C\C/C=C\CCCCCCCCCCCCCCCCCCCC(=O)NC(COC1OC(CO)C(O)C(O)C1O)C(O)CCCCCCCCCCCCCCCCCCCCCCCCCCC. The average molecular weight is 1230 g/mol. The van der Waals surface area contributed by atoms with Crippen molar-refractivity contribution >= 4 is 5.91 Å². The molecule has 0 saturated carbocycles. The van der Waals surface area contributed by atoms with Gasteiger partial charge in [-0.05, 0) is 44.9 Å². The van der Waals surface area contributed by atoms with Crippen LogP contribution in [0.1, 0.15) is 412 Å². The summed E-state index contributed by atoms with van der Waals surface area (Å²) in [4.78, 5) is 13.2. The van der Waals surface area contributed by atoms with Gasteiger partial charge >= 0.3 is 0 Å². The molecule has 516 valence electrons. The zero-order chi connectivity index (χ0) is 62.8. The molecule has 0 spiro atoms. The summed E-state index contributed by atoms with van der Waals surface area (Å²) in [6.45, 7) is 3.91. The molecular formula is C78H151NO8. The molecule has 7 unspecified atom stereocenters. The van der Waals surface area contributed by atoms with Gasteiger partial charge in [-0.15, -0.1) is 0 Å². The molecule has 0 radical (unpaired) electrons. The molecule has 9 nitrogen and oxygen atoms in total. The Labute approximate surface area is 540 Å². The number of unbranched alkanes of at least 4 members (excludes halogenated alkanes) is 56. The fourth-order valence-electron chi connectivity index (χ4n) is 13.0. The van der Waals surface area contributed by atoms with Crippen molar-refractivity contribution in [2.24, 2.45) is 0 Å². The number of carbonyl (C=O) groups excluding carboxylic acids is 1. The van der Waals surface area contributed by atoms with E-state index < -0.39 is 49.5 Å². The number of ether oxygens (including phenoxy) is 2. The first-order chi connectivity index (χ1) is 42.8. The minimum atomic E-state index is -1.55. The first kappa shape index (κ1) is 83.7. The summed E-state index contributed by atoms with van der Waals surface area (Å²) in [6.07, 6.45) is 82.8. The minimum Gasteiger partial charge on any atom is -0.394 e. The van der Waals surface area contributed by atoms with Crippen molar-refractivity contribution < 1.29 is 39.8 Å². The minimum absolute atomic E-state index is 0.133. The first-order valence-electron chi connectivity index (χ1n) is 39.0. The molecule has 1 fully saturated rings. The van der Waals surface area contributed by atoms with E-state index in [1.54, 1.807) is 0 Å². The average Bonchev–Trinajstić information content (AvgIpc) is 3.38. The summed E-state index contributed by atoms with van der Waals surface area (Å²) in [5.74, 6) is -0.135. The van der Waals surface area contributed by atoms with Crippen LogP contribution in [0.2, 0.25) is 0 Å². The Kier molecular flexibility index (Phi) is 65.0. The van der Waals surface area contributed by atoms with Crippen LogP contribution in [0.3, 0.4) is 0 Å². The fraction of sp³-hybridized carbons (Fsp3) is 0.936. The summed E-state index contributed by atoms with van der Waals surface area (Å²) in [5.41, 5.74) is 0. The molecule has 1 saturated heterocycles. The fourth-order valence-corrected chi connectivity index (χ4v) is 13.0. The number of amides is 1. The molecule has 1 amide bonds. The second-order valence-electron chi connectivity index (χ2n) is 27.5. The largest absolute Gasteiger partial charge is 0.394 e. The Balaban J connectivity index is 2.04. The van der Waals surface area contributed by atoms with Crippen LogP contribution in [-0.2, 0) is 14.3 Å². The van der Waals surface area contributed by atoms with Crippen molar-refractivity contribution in [3.63, 3.8) is 0 Å². The van der Waals surface area contributed by atoms with Gasteiger partial charge in [0, 0.05) is 6.42 Å². The lowest BCUT2D eigenvalue weighted by Crippen LogP contribution is -2.60. The molecule has 1 aliphatic heterocycles. The van der Waals surface area contributed by atoms with Gasteiger partial charge in [0.1, 0.15) is 24.4 Å². The van der Waals surface area contributed by atoms with Crippen LogP contribution in [0.4, 0.5) is 0 Å².